The molecule has 1 aromatic rings. The van der Waals surface area contributed by atoms with Crippen LogP contribution in [0.25, 0.3) is 0 Å². The van der Waals surface area contributed by atoms with Gasteiger partial charge in [-0.05, 0) is 31.7 Å². The topological polar surface area (TPSA) is 32.7 Å². The van der Waals surface area contributed by atoms with Gasteiger partial charge in [-0.3, -0.25) is 4.90 Å². The molecule has 20 heavy (non-hydrogen) atoms. The van der Waals surface area contributed by atoms with Gasteiger partial charge in [0.1, 0.15) is 5.75 Å². The predicted molar refractivity (Wildman–Crippen MR) is 77.5 cm³/mol. The van der Waals surface area contributed by atoms with Crippen molar-refractivity contribution in [1.29, 1.82) is 0 Å². The number of hydrogen-bond donors (Lipinski definition) is 1. The summed E-state index contributed by atoms with van der Waals surface area (Å²) in [7, 11) is 0. The molecule has 0 bridgehead atoms. The van der Waals surface area contributed by atoms with Gasteiger partial charge < -0.3 is 9.84 Å². The number of likely N-dealkylation sites (tertiary alicyclic amines) is 1. The molecule has 3 nitrogen and oxygen atoms in total. The first-order valence-electron chi connectivity index (χ1n) is 8.02. The lowest BCUT2D eigenvalue weighted by Crippen LogP contribution is -2.61. The van der Waals surface area contributed by atoms with E-state index >= 15 is 0 Å². The van der Waals surface area contributed by atoms with Crippen LogP contribution in [-0.2, 0) is 0 Å². The number of aliphatic hydroxyl groups is 1. The van der Waals surface area contributed by atoms with Crippen molar-refractivity contribution in [3.05, 3.63) is 29.8 Å². The molecule has 2 heterocycles. The van der Waals surface area contributed by atoms with Crippen molar-refractivity contribution in [3.8, 4) is 5.75 Å². The van der Waals surface area contributed by atoms with Gasteiger partial charge in [-0.2, -0.15) is 0 Å². The largest absolute Gasteiger partial charge is 0.472 e. The van der Waals surface area contributed by atoms with E-state index in [0.717, 1.165) is 37.2 Å². The SMILES string of the molecule is O[C@@H]1c2ccccc2O[C@]2(N3CCCC3)CCCC[C@@H]12. The van der Waals surface area contributed by atoms with E-state index < -0.39 is 0 Å². The average molecular weight is 273 g/mol. The fraction of sp³-hybridized carbons (Fsp3) is 0.647. The van der Waals surface area contributed by atoms with Crippen LogP contribution in [0.2, 0.25) is 0 Å². The smallest absolute Gasteiger partial charge is 0.169 e. The molecule has 108 valence electrons. The summed E-state index contributed by atoms with van der Waals surface area (Å²) < 4.78 is 6.54. The second-order valence-corrected chi connectivity index (χ2v) is 6.48. The van der Waals surface area contributed by atoms with Gasteiger partial charge in [0.2, 0.25) is 0 Å². The van der Waals surface area contributed by atoms with Crippen LogP contribution in [0.3, 0.4) is 0 Å². The second-order valence-electron chi connectivity index (χ2n) is 6.48. The minimum Gasteiger partial charge on any atom is -0.472 e. The van der Waals surface area contributed by atoms with E-state index in [1.807, 2.05) is 24.3 Å². The summed E-state index contributed by atoms with van der Waals surface area (Å²) in [5.41, 5.74) is 0.733. The molecule has 1 saturated heterocycles. The number of aliphatic hydroxyl groups excluding tert-OH is 1. The molecule has 0 amide bonds. The van der Waals surface area contributed by atoms with Crippen molar-refractivity contribution in [1.82, 2.24) is 4.90 Å². The van der Waals surface area contributed by atoms with Crippen molar-refractivity contribution in [2.24, 2.45) is 5.92 Å². The monoisotopic (exact) mass is 273 g/mol. The Morgan fingerprint density at radius 1 is 1.10 bits per heavy atom. The Balaban J connectivity index is 1.79. The molecule has 4 rings (SSSR count). The van der Waals surface area contributed by atoms with Gasteiger partial charge in [-0.1, -0.05) is 24.6 Å². The van der Waals surface area contributed by atoms with Gasteiger partial charge in [0.15, 0.2) is 5.72 Å². The minimum atomic E-state index is -0.374. The zero-order valence-electron chi connectivity index (χ0n) is 11.9. The highest BCUT2D eigenvalue weighted by Gasteiger charge is 2.54. The Kier molecular flexibility index (Phi) is 3.00. The molecule has 0 spiro atoms. The number of rotatable bonds is 1. The fourth-order valence-corrected chi connectivity index (χ4v) is 4.46. The number of benzene rings is 1. The number of para-hydroxylation sites is 1. The van der Waals surface area contributed by atoms with Crippen LogP contribution >= 0.6 is 0 Å². The molecular formula is C17H23NO2. The Labute approximate surface area is 120 Å². The van der Waals surface area contributed by atoms with Crippen LogP contribution < -0.4 is 4.74 Å². The van der Waals surface area contributed by atoms with Crippen LogP contribution in [0.15, 0.2) is 24.3 Å². The highest BCUT2D eigenvalue weighted by atomic mass is 16.5. The zero-order chi connectivity index (χ0) is 13.6. The predicted octanol–water partition coefficient (Wildman–Crippen LogP) is 3.09. The average Bonchev–Trinajstić information content (AvgIpc) is 3.02. The molecular weight excluding hydrogens is 250 g/mol. The van der Waals surface area contributed by atoms with Crippen LogP contribution in [0.1, 0.15) is 50.2 Å². The Morgan fingerprint density at radius 2 is 1.90 bits per heavy atom. The van der Waals surface area contributed by atoms with Gasteiger partial charge in [0.25, 0.3) is 0 Å². The lowest BCUT2D eigenvalue weighted by Gasteiger charge is -2.53. The van der Waals surface area contributed by atoms with Gasteiger partial charge >= 0.3 is 0 Å². The van der Waals surface area contributed by atoms with Crippen molar-refractivity contribution < 1.29 is 9.84 Å². The van der Waals surface area contributed by atoms with Gasteiger partial charge in [0, 0.05) is 31.0 Å². The molecule has 1 aromatic carbocycles. The lowest BCUT2D eigenvalue weighted by atomic mass is 9.73. The van der Waals surface area contributed by atoms with Gasteiger partial charge in [0.05, 0.1) is 6.10 Å². The lowest BCUT2D eigenvalue weighted by molar-refractivity contribution is -0.184. The first-order chi connectivity index (χ1) is 9.81. The summed E-state index contributed by atoms with van der Waals surface area (Å²) in [6.45, 7) is 2.23. The van der Waals surface area contributed by atoms with Crippen molar-refractivity contribution >= 4 is 0 Å². The van der Waals surface area contributed by atoms with Crippen LogP contribution in [0.5, 0.6) is 5.75 Å². The van der Waals surface area contributed by atoms with E-state index in [1.165, 1.54) is 25.7 Å². The third-order valence-electron chi connectivity index (χ3n) is 5.43. The molecule has 1 saturated carbocycles. The van der Waals surface area contributed by atoms with Crippen LogP contribution in [0.4, 0.5) is 0 Å². The molecule has 3 aliphatic rings. The van der Waals surface area contributed by atoms with E-state index in [9.17, 15) is 5.11 Å². The maximum absolute atomic E-state index is 10.9. The third-order valence-corrected chi connectivity index (χ3v) is 5.43. The third kappa shape index (κ3) is 1.73. The summed E-state index contributed by atoms with van der Waals surface area (Å²) in [4.78, 5) is 2.51. The summed E-state index contributed by atoms with van der Waals surface area (Å²) in [5.74, 6) is 1.12. The summed E-state index contributed by atoms with van der Waals surface area (Å²) >= 11 is 0. The Bertz CT molecular complexity index is 498. The number of fused-ring (bicyclic) bond motifs is 2. The molecule has 3 heteroatoms. The maximum atomic E-state index is 10.9. The van der Waals surface area contributed by atoms with Crippen LogP contribution in [-0.4, -0.2) is 28.8 Å². The zero-order valence-corrected chi connectivity index (χ0v) is 11.9. The van der Waals surface area contributed by atoms with Gasteiger partial charge in [-0.25, -0.2) is 0 Å². The molecule has 0 radical (unpaired) electrons. The normalized spacial score (nSPS) is 37.0. The maximum Gasteiger partial charge on any atom is 0.169 e. The van der Waals surface area contributed by atoms with Crippen molar-refractivity contribution in [3.63, 3.8) is 0 Å². The summed E-state index contributed by atoms with van der Waals surface area (Å²) in [6.07, 6.45) is 6.70. The van der Waals surface area contributed by atoms with E-state index in [0.29, 0.717) is 0 Å². The first kappa shape index (κ1) is 12.7. The summed E-state index contributed by atoms with van der Waals surface area (Å²) in [5, 5.41) is 10.9. The first-order valence-corrected chi connectivity index (χ1v) is 8.02. The molecule has 1 N–H and O–H groups in total. The van der Waals surface area contributed by atoms with Crippen LogP contribution in [0, 0.1) is 5.92 Å². The van der Waals surface area contributed by atoms with Crippen molar-refractivity contribution in [2.75, 3.05) is 13.1 Å². The molecule has 1 aliphatic carbocycles. The quantitative estimate of drug-likeness (QED) is 0.853. The Morgan fingerprint density at radius 3 is 2.75 bits per heavy atom. The van der Waals surface area contributed by atoms with E-state index in [-0.39, 0.29) is 17.7 Å². The number of ether oxygens (including phenoxy) is 1. The summed E-state index contributed by atoms with van der Waals surface area (Å²) in [6, 6.07) is 8.03. The standard InChI is InChI=1S/C17H23NO2/c19-16-13-7-1-2-9-15(13)20-17(18-11-5-6-12-18)10-4-3-8-14(16)17/h1-2,7,9,14,16,19H,3-6,8,10-12H2/t14-,16+,17+/m0/s1. The molecule has 0 aromatic heterocycles. The molecule has 0 unspecified atom stereocenters. The minimum absolute atomic E-state index is 0.226. The number of hydrogen-bond acceptors (Lipinski definition) is 3. The molecule has 2 aliphatic heterocycles. The van der Waals surface area contributed by atoms with Crippen molar-refractivity contribution in [2.45, 2.75) is 50.4 Å². The fourth-order valence-electron chi connectivity index (χ4n) is 4.46. The van der Waals surface area contributed by atoms with E-state index in [1.54, 1.807) is 0 Å². The second kappa shape index (κ2) is 4.74. The van der Waals surface area contributed by atoms with E-state index in [4.69, 9.17) is 4.74 Å². The van der Waals surface area contributed by atoms with E-state index in [2.05, 4.69) is 4.90 Å². The van der Waals surface area contributed by atoms with Gasteiger partial charge in [-0.15, -0.1) is 0 Å². The Hall–Kier alpha value is -1.06. The highest BCUT2D eigenvalue weighted by molar-refractivity contribution is 5.39. The highest BCUT2D eigenvalue weighted by Crippen LogP contribution is 2.52. The molecule has 2 fully saturated rings. The molecule has 3 atom stereocenters. The number of nitrogens with zero attached hydrogens (tertiary/aromatic N) is 1.